The number of pyridine rings is 2. The Labute approximate surface area is 181 Å². The highest BCUT2D eigenvalue weighted by molar-refractivity contribution is 5.86. The van der Waals surface area contributed by atoms with Gasteiger partial charge in [0.15, 0.2) is 5.65 Å². The number of aromatic nitrogens is 4. The first-order valence-corrected chi connectivity index (χ1v) is 10.5. The molecule has 0 radical (unpaired) electrons. The number of rotatable bonds is 6. The van der Waals surface area contributed by atoms with E-state index in [1.165, 1.54) is 0 Å². The molecule has 9 heteroatoms. The standard InChI is InChI=1S/C22H29N7O2/c1-12-16(14(3)24-21-18(12)22(31-5)28-29(21)4)6-7-17(30)25-20-13(2)19(26-27-20)15-8-10-23-11-9-15/h8-11,13,19-20,26-27H,6-7H2,1-5H3,(H,25,30). The van der Waals surface area contributed by atoms with E-state index in [1.54, 1.807) is 24.2 Å². The van der Waals surface area contributed by atoms with Gasteiger partial charge in [0, 0.05) is 37.5 Å². The first kappa shape index (κ1) is 21.2. The van der Waals surface area contributed by atoms with Crippen molar-refractivity contribution in [3.05, 3.63) is 46.9 Å². The largest absolute Gasteiger partial charge is 0.479 e. The monoisotopic (exact) mass is 423 g/mol. The Morgan fingerprint density at radius 3 is 2.71 bits per heavy atom. The Bertz CT molecular complexity index is 1100. The summed E-state index contributed by atoms with van der Waals surface area (Å²) in [6, 6.07) is 4.09. The Hall–Kier alpha value is -3.04. The van der Waals surface area contributed by atoms with Gasteiger partial charge in [-0.15, -0.1) is 5.10 Å². The fourth-order valence-corrected chi connectivity index (χ4v) is 4.35. The highest BCUT2D eigenvalue weighted by atomic mass is 16.5. The molecule has 3 aromatic heterocycles. The molecule has 0 aliphatic carbocycles. The third kappa shape index (κ3) is 3.98. The fraction of sp³-hybridized carbons (Fsp3) is 0.455. The van der Waals surface area contributed by atoms with E-state index in [9.17, 15) is 4.79 Å². The Morgan fingerprint density at radius 2 is 2.00 bits per heavy atom. The predicted molar refractivity (Wildman–Crippen MR) is 117 cm³/mol. The second-order valence-electron chi connectivity index (χ2n) is 8.08. The lowest BCUT2D eigenvalue weighted by Gasteiger charge is -2.20. The van der Waals surface area contributed by atoms with E-state index in [4.69, 9.17) is 9.72 Å². The van der Waals surface area contributed by atoms with Gasteiger partial charge in [0.2, 0.25) is 11.8 Å². The van der Waals surface area contributed by atoms with Crippen molar-refractivity contribution in [1.29, 1.82) is 0 Å². The number of fused-ring (bicyclic) bond motifs is 1. The maximum Gasteiger partial charge on any atom is 0.242 e. The smallest absolute Gasteiger partial charge is 0.242 e. The van der Waals surface area contributed by atoms with Gasteiger partial charge in [-0.1, -0.05) is 6.92 Å². The third-order valence-corrected chi connectivity index (χ3v) is 6.15. The SMILES string of the molecule is COc1nn(C)c2nc(C)c(CCC(=O)NC3NNC(c4ccncc4)C3C)c(C)c12. The first-order chi connectivity index (χ1) is 14.9. The molecule has 1 amide bonds. The summed E-state index contributed by atoms with van der Waals surface area (Å²) < 4.78 is 7.15. The van der Waals surface area contributed by atoms with Gasteiger partial charge in [0.1, 0.15) is 0 Å². The van der Waals surface area contributed by atoms with E-state index in [-0.39, 0.29) is 24.0 Å². The molecule has 1 saturated heterocycles. The number of aryl methyl sites for hydroxylation is 3. The number of hydrogen-bond acceptors (Lipinski definition) is 7. The van der Waals surface area contributed by atoms with Crippen LogP contribution in [0.3, 0.4) is 0 Å². The van der Waals surface area contributed by atoms with Crippen molar-refractivity contribution in [3.63, 3.8) is 0 Å². The van der Waals surface area contributed by atoms with Crippen LogP contribution in [-0.4, -0.2) is 38.9 Å². The third-order valence-electron chi connectivity index (χ3n) is 6.15. The summed E-state index contributed by atoms with van der Waals surface area (Å²) in [4.78, 5) is 21.5. The van der Waals surface area contributed by atoms with E-state index in [2.05, 4.69) is 33.2 Å². The lowest BCUT2D eigenvalue weighted by Crippen LogP contribution is -2.46. The number of amides is 1. The average Bonchev–Trinajstić information content (AvgIpc) is 3.28. The van der Waals surface area contributed by atoms with Gasteiger partial charge in [-0.25, -0.2) is 20.5 Å². The normalized spacial score (nSPS) is 20.9. The van der Waals surface area contributed by atoms with Gasteiger partial charge < -0.3 is 10.1 Å². The molecular formula is C22H29N7O2. The summed E-state index contributed by atoms with van der Waals surface area (Å²) in [5, 5.41) is 8.40. The number of carbonyl (C=O) groups excluding carboxylic acids is 1. The van der Waals surface area contributed by atoms with Crippen LogP contribution < -0.4 is 20.9 Å². The van der Waals surface area contributed by atoms with Crippen molar-refractivity contribution < 1.29 is 9.53 Å². The first-order valence-electron chi connectivity index (χ1n) is 10.5. The summed E-state index contributed by atoms with van der Waals surface area (Å²) in [5.41, 5.74) is 11.5. The Morgan fingerprint density at radius 1 is 1.26 bits per heavy atom. The van der Waals surface area contributed by atoms with Gasteiger partial charge in [0.25, 0.3) is 0 Å². The highest BCUT2D eigenvalue weighted by Crippen LogP contribution is 2.31. The Balaban J connectivity index is 1.43. The topological polar surface area (TPSA) is 106 Å². The van der Waals surface area contributed by atoms with Gasteiger partial charge in [-0.2, -0.15) is 0 Å². The predicted octanol–water partition coefficient (Wildman–Crippen LogP) is 1.85. The number of nitrogens with zero attached hydrogens (tertiary/aromatic N) is 4. The number of carbonyl (C=O) groups is 1. The van der Waals surface area contributed by atoms with Crippen LogP contribution in [0.2, 0.25) is 0 Å². The molecule has 0 saturated carbocycles. The highest BCUT2D eigenvalue weighted by Gasteiger charge is 2.34. The number of hydrogen-bond donors (Lipinski definition) is 3. The molecular weight excluding hydrogens is 394 g/mol. The van der Waals surface area contributed by atoms with Crippen LogP contribution in [0.1, 0.15) is 41.8 Å². The zero-order valence-electron chi connectivity index (χ0n) is 18.6. The van der Waals surface area contributed by atoms with Crippen LogP contribution in [0, 0.1) is 19.8 Å². The van der Waals surface area contributed by atoms with Crippen LogP contribution in [-0.2, 0) is 18.3 Å². The molecule has 1 fully saturated rings. The lowest BCUT2D eigenvalue weighted by atomic mass is 9.95. The van der Waals surface area contributed by atoms with Gasteiger partial charge in [0.05, 0.1) is 24.7 Å². The maximum atomic E-state index is 12.7. The summed E-state index contributed by atoms with van der Waals surface area (Å²) in [5.74, 6) is 0.747. The van der Waals surface area contributed by atoms with Crippen molar-refractivity contribution in [2.24, 2.45) is 13.0 Å². The molecule has 3 aromatic rings. The van der Waals surface area contributed by atoms with E-state index in [0.717, 1.165) is 33.4 Å². The molecule has 0 spiro atoms. The zero-order valence-corrected chi connectivity index (χ0v) is 18.6. The molecule has 3 N–H and O–H groups in total. The van der Waals surface area contributed by atoms with E-state index in [0.29, 0.717) is 18.7 Å². The average molecular weight is 424 g/mol. The molecule has 4 heterocycles. The fourth-order valence-electron chi connectivity index (χ4n) is 4.35. The molecule has 9 nitrogen and oxygen atoms in total. The van der Waals surface area contributed by atoms with Crippen LogP contribution in [0.25, 0.3) is 11.0 Å². The number of hydrazine groups is 1. The second kappa shape index (κ2) is 8.60. The molecule has 1 aliphatic rings. The minimum absolute atomic E-state index is 0.00132. The minimum Gasteiger partial charge on any atom is -0.479 e. The van der Waals surface area contributed by atoms with Crippen LogP contribution in [0.4, 0.5) is 0 Å². The van der Waals surface area contributed by atoms with E-state index in [1.807, 2.05) is 33.0 Å². The molecule has 3 atom stereocenters. The zero-order chi connectivity index (χ0) is 22.1. The molecule has 0 bridgehead atoms. The Kier molecular flexibility index (Phi) is 5.88. The van der Waals surface area contributed by atoms with Crippen molar-refractivity contribution >= 4 is 16.9 Å². The number of nitrogens with one attached hydrogen (secondary N) is 3. The van der Waals surface area contributed by atoms with Crippen molar-refractivity contribution in [3.8, 4) is 5.88 Å². The van der Waals surface area contributed by atoms with Crippen LogP contribution >= 0.6 is 0 Å². The molecule has 4 rings (SSSR count). The minimum atomic E-state index is -0.146. The van der Waals surface area contributed by atoms with E-state index >= 15 is 0 Å². The summed E-state index contributed by atoms with van der Waals surface area (Å²) in [6.07, 6.45) is 4.40. The molecule has 3 unspecified atom stereocenters. The van der Waals surface area contributed by atoms with Crippen LogP contribution in [0.5, 0.6) is 5.88 Å². The molecule has 31 heavy (non-hydrogen) atoms. The van der Waals surface area contributed by atoms with Crippen LogP contribution in [0.15, 0.2) is 24.5 Å². The molecule has 0 aromatic carbocycles. The maximum absolute atomic E-state index is 12.7. The van der Waals surface area contributed by atoms with Crippen molar-refractivity contribution in [1.82, 2.24) is 35.9 Å². The summed E-state index contributed by atoms with van der Waals surface area (Å²) in [6.45, 7) is 6.13. The second-order valence-corrected chi connectivity index (χ2v) is 8.08. The number of methoxy groups -OCH3 is 1. The van der Waals surface area contributed by atoms with Crippen molar-refractivity contribution in [2.45, 2.75) is 45.8 Å². The lowest BCUT2D eigenvalue weighted by molar-refractivity contribution is -0.122. The number of ether oxygens (including phenoxy) is 1. The quantitative estimate of drug-likeness (QED) is 0.556. The molecule has 1 aliphatic heterocycles. The summed E-state index contributed by atoms with van der Waals surface area (Å²) in [7, 11) is 3.46. The van der Waals surface area contributed by atoms with Gasteiger partial charge >= 0.3 is 0 Å². The summed E-state index contributed by atoms with van der Waals surface area (Å²) >= 11 is 0. The van der Waals surface area contributed by atoms with Crippen molar-refractivity contribution in [2.75, 3.05) is 7.11 Å². The van der Waals surface area contributed by atoms with Gasteiger partial charge in [-0.3, -0.25) is 9.78 Å². The van der Waals surface area contributed by atoms with E-state index < -0.39 is 0 Å². The molecule has 164 valence electrons. The van der Waals surface area contributed by atoms with Gasteiger partial charge in [-0.05, 0) is 49.1 Å².